The Kier molecular flexibility index (Phi) is 13.7. The van der Waals surface area contributed by atoms with E-state index >= 15 is 0 Å². The van der Waals surface area contributed by atoms with Crippen molar-refractivity contribution in [2.75, 3.05) is 39.8 Å². The first kappa shape index (κ1) is 35.2. The Labute approximate surface area is 276 Å². The Bertz CT molecular complexity index is 1320. The topological polar surface area (TPSA) is 65.1 Å². The zero-order chi connectivity index (χ0) is 32.9. The fraction of sp³-hybridized carbons (Fsp3) is 0.487. The van der Waals surface area contributed by atoms with E-state index in [1.807, 2.05) is 72.6 Å². The number of piperazine rings is 1. The number of amides is 2. The molecule has 0 spiro atoms. The predicted octanol–water partition coefficient (Wildman–Crippen LogP) is 6.03. The minimum atomic E-state index is -0.641. The third kappa shape index (κ3) is 11.3. The van der Waals surface area contributed by atoms with Gasteiger partial charge in [-0.1, -0.05) is 100 Å². The van der Waals surface area contributed by atoms with Crippen LogP contribution in [0.15, 0.2) is 84.9 Å². The zero-order valence-corrected chi connectivity index (χ0v) is 28.5. The minimum Gasteiger partial charge on any atom is -0.489 e. The molecule has 0 radical (unpaired) electrons. The quantitative estimate of drug-likeness (QED) is 0.210. The molecule has 1 aliphatic rings. The largest absolute Gasteiger partial charge is 0.489 e. The summed E-state index contributed by atoms with van der Waals surface area (Å²) in [7, 11) is 2.03. The van der Waals surface area contributed by atoms with Gasteiger partial charge >= 0.3 is 0 Å². The van der Waals surface area contributed by atoms with Crippen molar-refractivity contribution in [1.82, 2.24) is 20.0 Å². The van der Waals surface area contributed by atoms with Gasteiger partial charge in [-0.15, -0.1) is 0 Å². The Hall–Kier alpha value is -3.68. The number of nitrogens with one attached hydrogen (secondary N) is 1. The van der Waals surface area contributed by atoms with E-state index in [1.165, 1.54) is 5.56 Å². The third-order valence-corrected chi connectivity index (χ3v) is 8.75. The smallest absolute Gasteiger partial charge is 0.245 e. The molecule has 2 amide bonds. The van der Waals surface area contributed by atoms with Gasteiger partial charge in [0.1, 0.15) is 18.4 Å². The first-order chi connectivity index (χ1) is 22.2. The molecule has 3 aromatic rings. The van der Waals surface area contributed by atoms with Gasteiger partial charge in [-0.25, -0.2) is 0 Å². The van der Waals surface area contributed by atoms with Gasteiger partial charge in [0.25, 0.3) is 0 Å². The molecule has 46 heavy (non-hydrogen) atoms. The molecule has 1 fully saturated rings. The van der Waals surface area contributed by atoms with Crippen LogP contribution in [-0.4, -0.2) is 78.4 Å². The van der Waals surface area contributed by atoms with E-state index in [0.29, 0.717) is 38.0 Å². The second-order valence-corrected chi connectivity index (χ2v) is 13.6. The standard InChI is InChI=1S/C39H54N4O3/c1-30(2)20-21-41(5)37(26-31(3)4)38(44)40-36(27-32-16-18-35(19-17-32)46-29-34-14-10-7-11-15-34)39(45)43-24-22-42(23-25-43)28-33-12-8-6-9-13-33/h6-19,30-31,36-37H,20-29H2,1-5H3,(H,40,44)/t36-,37-/m0/s1. The molecule has 7 nitrogen and oxygen atoms in total. The highest BCUT2D eigenvalue weighted by atomic mass is 16.5. The highest BCUT2D eigenvalue weighted by Crippen LogP contribution is 2.18. The van der Waals surface area contributed by atoms with Gasteiger partial charge < -0.3 is 15.0 Å². The maximum Gasteiger partial charge on any atom is 0.245 e. The van der Waals surface area contributed by atoms with Crippen LogP contribution in [0.1, 0.15) is 57.2 Å². The van der Waals surface area contributed by atoms with E-state index in [1.54, 1.807) is 0 Å². The molecule has 1 aliphatic heterocycles. The molecule has 0 unspecified atom stereocenters. The first-order valence-electron chi connectivity index (χ1n) is 17.0. The van der Waals surface area contributed by atoms with Gasteiger partial charge in [0.05, 0.1) is 6.04 Å². The normalized spacial score (nSPS) is 15.3. The summed E-state index contributed by atoms with van der Waals surface area (Å²) < 4.78 is 5.99. The number of carbonyl (C=O) groups is 2. The fourth-order valence-electron chi connectivity index (χ4n) is 5.91. The van der Waals surface area contributed by atoms with Crippen LogP contribution in [0.3, 0.4) is 0 Å². The van der Waals surface area contributed by atoms with Crippen LogP contribution in [0.2, 0.25) is 0 Å². The average molecular weight is 627 g/mol. The lowest BCUT2D eigenvalue weighted by Crippen LogP contribution is -2.57. The Morgan fingerprint density at radius 1 is 0.783 bits per heavy atom. The second-order valence-electron chi connectivity index (χ2n) is 13.6. The molecule has 4 rings (SSSR count). The van der Waals surface area contributed by atoms with Crippen molar-refractivity contribution in [2.45, 2.75) is 72.2 Å². The number of likely N-dealkylation sites (N-methyl/N-ethyl adjacent to an activating group) is 1. The second kappa shape index (κ2) is 17.9. The maximum atomic E-state index is 14.1. The lowest BCUT2D eigenvalue weighted by atomic mass is 9.99. The Morgan fingerprint density at radius 3 is 1.98 bits per heavy atom. The Balaban J connectivity index is 1.45. The summed E-state index contributed by atoms with van der Waals surface area (Å²) in [6, 6.07) is 27.5. The summed E-state index contributed by atoms with van der Waals surface area (Å²) in [5.41, 5.74) is 3.38. The van der Waals surface area contributed by atoms with E-state index in [0.717, 1.165) is 55.9 Å². The zero-order valence-electron chi connectivity index (χ0n) is 28.5. The molecule has 0 bridgehead atoms. The minimum absolute atomic E-state index is 0.00903. The van der Waals surface area contributed by atoms with Gasteiger partial charge in [-0.05, 0) is 67.1 Å². The monoisotopic (exact) mass is 626 g/mol. The number of hydrogen-bond donors (Lipinski definition) is 1. The molecular weight excluding hydrogens is 572 g/mol. The van der Waals surface area contributed by atoms with Crippen molar-refractivity contribution in [3.8, 4) is 5.75 Å². The average Bonchev–Trinajstić information content (AvgIpc) is 3.06. The number of nitrogens with zero attached hydrogens (tertiary/aromatic N) is 3. The molecule has 1 N–H and O–H groups in total. The van der Waals surface area contributed by atoms with Gasteiger partial charge in [0.15, 0.2) is 0 Å². The molecular formula is C39H54N4O3. The third-order valence-electron chi connectivity index (χ3n) is 8.75. The van der Waals surface area contributed by atoms with Crippen LogP contribution >= 0.6 is 0 Å². The van der Waals surface area contributed by atoms with Gasteiger partial charge in [-0.3, -0.25) is 19.4 Å². The number of carbonyl (C=O) groups excluding carboxylic acids is 2. The summed E-state index contributed by atoms with van der Waals surface area (Å²) in [6.07, 6.45) is 2.19. The van der Waals surface area contributed by atoms with E-state index in [9.17, 15) is 9.59 Å². The van der Waals surface area contributed by atoms with Crippen LogP contribution in [-0.2, 0) is 29.2 Å². The van der Waals surface area contributed by atoms with E-state index in [2.05, 4.69) is 67.1 Å². The maximum absolute atomic E-state index is 14.1. The molecule has 0 aliphatic carbocycles. The van der Waals surface area contributed by atoms with Crippen molar-refractivity contribution in [3.63, 3.8) is 0 Å². The highest BCUT2D eigenvalue weighted by Gasteiger charge is 2.32. The lowest BCUT2D eigenvalue weighted by Gasteiger charge is -2.37. The van der Waals surface area contributed by atoms with Gasteiger partial charge in [0.2, 0.25) is 11.8 Å². The molecule has 0 aromatic heterocycles. The molecule has 1 heterocycles. The molecule has 3 aromatic carbocycles. The molecule has 7 heteroatoms. The number of benzene rings is 3. The number of hydrogen-bond acceptors (Lipinski definition) is 5. The van der Waals surface area contributed by atoms with Crippen molar-refractivity contribution in [2.24, 2.45) is 11.8 Å². The van der Waals surface area contributed by atoms with Crippen molar-refractivity contribution in [3.05, 3.63) is 102 Å². The molecule has 2 atom stereocenters. The highest BCUT2D eigenvalue weighted by molar-refractivity contribution is 5.90. The van der Waals surface area contributed by atoms with Crippen LogP contribution in [0, 0.1) is 11.8 Å². The number of rotatable bonds is 16. The van der Waals surface area contributed by atoms with Crippen LogP contribution in [0.25, 0.3) is 0 Å². The molecule has 248 valence electrons. The van der Waals surface area contributed by atoms with E-state index in [-0.39, 0.29) is 17.9 Å². The van der Waals surface area contributed by atoms with Crippen molar-refractivity contribution < 1.29 is 14.3 Å². The first-order valence-corrected chi connectivity index (χ1v) is 17.0. The summed E-state index contributed by atoms with van der Waals surface area (Å²) in [5.74, 6) is 1.61. The predicted molar refractivity (Wildman–Crippen MR) is 186 cm³/mol. The number of ether oxygens (including phenoxy) is 1. The van der Waals surface area contributed by atoms with Crippen LogP contribution in [0.5, 0.6) is 5.75 Å². The summed E-state index contributed by atoms with van der Waals surface area (Å²) in [5, 5.41) is 3.23. The molecule has 0 saturated carbocycles. The van der Waals surface area contributed by atoms with Gasteiger partial charge in [0, 0.05) is 39.1 Å². The van der Waals surface area contributed by atoms with Crippen molar-refractivity contribution in [1.29, 1.82) is 0 Å². The molecule has 1 saturated heterocycles. The lowest BCUT2D eigenvalue weighted by molar-refractivity contribution is -0.139. The SMILES string of the molecule is CC(C)CCN(C)[C@@H](CC(C)C)C(=O)N[C@@H](Cc1ccc(OCc2ccccc2)cc1)C(=O)N1CCN(Cc2ccccc2)CC1. The van der Waals surface area contributed by atoms with Crippen molar-refractivity contribution >= 4 is 11.8 Å². The summed E-state index contributed by atoms with van der Waals surface area (Å²) in [6.45, 7) is 13.8. The van der Waals surface area contributed by atoms with Crippen LogP contribution in [0.4, 0.5) is 0 Å². The Morgan fingerprint density at radius 2 is 1.39 bits per heavy atom. The fourth-order valence-corrected chi connectivity index (χ4v) is 5.91. The van der Waals surface area contributed by atoms with Gasteiger partial charge in [-0.2, -0.15) is 0 Å². The summed E-state index contributed by atoms with van der Waals surface area (Å²) >= 11 is 0. The van der Waals surface area contributed by atoms with Crippen LogP contribution < -0.4 is 10.1 Å². The van der Waals surface area contributed by atoms with E-state index < -0.39 is 6.04 Å². The summed E-state index contributed by atoms with van der Waals surface area (Å²) in [4.78, 5) is 34.5. The van der Waals surface area contributed by atoms with E-state index in [4.69, 9.17) is 4.74 Å².